The number of aryl methyl sites for hydroxylation is 3. The first-order valence-corrected chi connectivity index (χ1v) is 6.32. The number of hydrazine groups is 1. The molecule has 0 saturated heterocycles. The molecule has 1 unspecified atom stereocenters. The summed E-state index contributed by atoms with van der Waals surface area (Å²) in [5.74, 6) is 5.45. The summed E-state index contributed by atoms with van der Waals surface area (Å²) < 4.78 is 13.0. The number of rotatable bonds is 3. The summed E-state index contributed by atoms with van der Waals surface area (Å²) in [4.78, 5) is 0. The predicted molar refractivity (Wildman–Crippen MR) is 76.2 cm³/mol. The Hall–Kier alpha value is -1.71. The van der Waals surface area contributed by atoms with Crippen LogP contribution < -0.4 is 11.3 Å². The van der Waals surface area contributed by atoms with Gasteiger partial charge in [0, 0.05) is 0 Å². The molecule has 0 spiro atoms. The molecule has 2 rings (SSSR count). The molecule has 2 aromatic rings. The molecule has 3 heteroatoms. The molecule has 0 amide bonds. The van der Waals surface area contributed by atoms with Crippen LogP contribution in [0, 0.1) is 26.6 Å². The summed E-state index contributed by atoms with van der Waals surface area (Å²) in [6.07, 6.45) is 0. The molecule has 100 valence electrons. The number of nitrogens with two attached hydrogens (primary N) is 1. The van der Waals surface area contributed by atoms with Gasteiger partial charge in [-0.25, -0.2) is 9.82 Å². The minimum atomic E-state index is -0.240. The van der Waals surface area contributed by atoms with Gasteiger partial charge in [0.15, 0.2) is 0 Å². The van der Waals surface area contributed by atoms with Crippen LogP contribution >= 0.6 is 0 Å². The van der Waals surface area contributed by atoms with E-state index < -0.39 is 0 Å². The smallest absolute Gasteiger partial charge is 0.123 e. The Balaban J connectivity index is 2.47. The summed E-state index contributed by atoms with van der Waals surface area (Å²) in [6.45, 7) is 6.24. The monoisotopic (exact) mass is 258 g/mol. The van der Waals surface area contributed by atoms with Crippen LogP contribution in [0.25, 0.3) is 0 Å². The summed E-state index contributed by atoms with van der Waals surface area (Å²) in [6, 6.07) is 10.6. The number of benzene rings is 2. The van der Waals surface area contributed by atoms with Gasteiger partial charge in [-0.1, -0.05) is 24.3 Å². The molecule has 2 aromatic carbocycles. The van der Waals surface area contributed by atoms with E-state index in [2.05, 4.69) is 38.3 Å². The molecule has 0 aliphatic rings. The minimum Gasteiger partial charge on any atom is -0.271 e. The Morgan fingerprint density at radius 1 is 0.947 bits per heavy atom. The fourth-order valence-electron chi connectivity index (χ4n) is 2.31. The van der Waals surface area contributed by atoms with Crippen LogP contribution in [0.5, 0.6) is 0 Å². The van der Waals surface area contributed by atoms with Gasteiger partial charge in [0.25, 0.3) is 0 Å². The summed E-state index contributed by atoms with van der Waals surface area (Å²) in [5.41, 5.74) is 8.56. The Labute approximate surface area is 113 Å². The molecule has 0 aromatic heterocycles. The van der Waals surface area contributed by atoms with Crippen molar-refractivity contribution in [3.8, 4) is 0 Å². The molecule has 3 N–H and O–H groups in total. The van der Waals surface area contributed by atoms with Crippen molar-refractivity contribution in [2.45, 2.75) is 26.8 Å². The standard InChI is InChI=1S/C16H19FN2/c1-10-8-12(3)15(9-11(10)2)16(19-18)13-4-6-14(17)7-5-13/h4-9,16,19H,18H2,1-3H3. The molecular formula is C16H19FN2. The quantitative estimate of drug-likeness (QED) is 0.655. The van der Waals surface area contributed by atoms with Crippen LogP contribution in [0.2, 0.25) is 0 Å². The first kappa shape index (κ1) is 13.7. The van der Waals surface area contributed by atoms with Gasteiger partial charge in [-0.15, -0.1) is 0 Å². The molecule has 0 fully saturated rings. The van der Waals surface area contributed by atoms with Crippen LogP contribution in [-0.2, 0) is 0 Å². The molecule has 0 radical (unpaired) electrons. The highest BCUT2D eigenvalue weighted by molar-refractivity contribution is 5.42. The van der Waals surface area contributed by atoms with Gasteiger partial charge in [0.05, 0.1) is 6.04 Å². The van der Waals surface area contributed by atoms with E-state index in [1.54, 1.807) is 12.1 Å². The number of nitrogens with one attached hydrogen (secondary N) is 1. The largest absolute Gasteiger partial charge is 0.271 e. The molecular weight excluding hydrogens is 239 g/mol. The molecule has 0 heterocycles. The summed E-state index contributed by atoms with van der Waals surface area (Å²) in [5, 5.41) is 0. The third kappa shape index (κ3) is 2.83. The Morgan fingerprint density at radius 2 is 1.53 bits per heavy atom. The van der Waals surface area contributed by atoms with Gasteiger partial charge >= 0.3 is 0 Å². The van der Waals surface area contributed by atoms with Crippen molar-refractivity contribution in [2.24, 2.45) is 5.84 Å². The highest BCUT2D eigenvalue weighted by Gasteiger charge is 2.15. The zero-order valence-corrected chi connectivity index (χ0v) is 11.5. The SMILES string of the molecule is Cc1cc(C)c(C(NN)c2ccc(F)cc2)cc1C. The topological polar surface area (TPSA) is 38.0 Å². The molecule has 0 aliphatic heterocycles. The van der Waals surface area contributed by atoms with Gasteiger partial charge in [-0.3, -0.25) is 5.84 Å². The van der Waals surface area contributed by atoms with E-state index in [1.165, 1.54) is 28.8 Å². The van der Waals surface area contributed by atoms with Crippen LogP contribution in [0.4, 0.5) is 4.39 Å². The normalized spacial score (nSPS) is 12.5. The van der Waals surface area contributed by atoms with Crippen molar-refractivity contribution < 1.29 is 4.39 Å². The Kier molecular flexibility index (Phi) is 3.98. The predicted octanol–water partition coefficient (Wildman–Crippen LogP) is 3.30. The van der Waals surface area contributed by atoms with Crippen molar-refractivity contribution >= 4 is 0 Å². The lowest BCUT2D eigenvalue weighted by Crippen LogP contribution is -2.29. The second-order valence-corrected chi connectivity index (χ2v) is 4.94. The number of hydrogen-bond acceptors (Lipinski definition) is 2. The van der Waals surface area contributed by atoms with Gasteiger partial charge in [-0.05, 0) is 60.7 Å². The molecule has 19 heavy (non-hydrogen) atoms. The molecule has 0 aliphatic carbocycles. The van der Waals surface area contributed by atoms with E-state index in [9.17, 15) is 4.39 Å². The second kappa shape index (κ2) is 5.51. The maximum absolute atomic E-state index is 13.0. The van der Waals surface area contributed by atoms with Crippen LogP contribution in [-0.4, -0.2) is 0 Å². The molecule has 1 atom stereocenters. The lowest BCUT2D eigenvalue weighted by atomic mass is 9.92. The van der Waals surface area contributed by atoms with Crippen molar-refractivity contribution in [1.82, 2.24) is 5.43 Å². The summed E-state index contributed by atoms with van der Waals surface area (Å²) >= 11 is 0. The minimum absolute atomic E-state index is 0.125. The van der Waals surface area contributed by atoms with E-state index in [0.29, 0.717) is 0 Å². The highest BCUT2D eigenvalue weighted by Crippen LogP contribution is 2.26. The third-order valence-corrected chi connectivity index (χ3v) is 3.56. The Morgan fingerprint density at radius 3 is 2.11 bits per heavy atom. The fraction of sp³-hybridized carbons (Fsp3) is 0.250. The second-order valence-electron chi connectivity index (χ2n) is 4.94. The first-order chi connectivity index (χ1) is 9.02. The van der Waals surface area contributed by atoms with Crippen LogP contribution in [0.15, 0.2) is 36.4 Å². The number of hydrogen-bond donors (Lipinski definition) is 2. The highest BCUT2D eigenvalue weighted by atomic mass is 19.1. The average Bonchev–Trinajstić information content (AvgIpc) is 2.38. The van der Waals surface area contributed by atoms with E-state index in [4.69, 9.17) is 5.84 Å². The fourth-order valence-corrected chi connectivity index (χ4v) is 2.31. The maximum Gasteiger partial charge on any atom is 0.123 e. The van der Waals surface area contributed by atoms with Gasteiger partial charge in [-0.2, -0.15) is 0 Å². The average molecular weight is 258 g/mol. The number of halogens is 1. The van der Waals surface area contributed by atoms with Crippen molar-refractivity contribution in [3.63, 3.8) is 0 Å². The van der Waals surface area contributed by atoms with Crippen LogP contribution in [0.3, 0.4) is 0 Å². The van der Waals surface area contributed by atoms with E-state index in [0.717, 1.165) is 11.1 Å². The summed E-state index contributed by atoms with van der Waals surface area (Å²) in [7, 11) is 0. The van der Waals surface area contributed by atoms with E-state index >= 15 is 0 Å². The third-order valence-electron chi connectivity index (χ3n) is 3.56. The van der Waals surface area contributed by atoms with Crippen molar-refractivity contribution in [2.75, 3.05) is 0 Å². The zero-order valence-electron chi connectivity index (χ0n) is 11.5. The lowest BCUT2D eigenvalue weighted by molar-refractivity contribution is 0.614. The molecule has 2 nitrogen and oxygen atoms in total. The molecule has 0 bridgehead atoms. The van der Waals surface area contributed by atoms with Crippen LogP contribution in [0.1, 0.15) is 33.9 Å². The zero-order chi connectivity index (χ0) is 14.0. The lowest BCUT2D eigenvalue weighted by Gasteiger charge is -2.20. The first-order valence-electron chi connectivity index (χ1n) is 6.32. The van der Waals surface area contributed by atoms with Crippen molar-refractivity contribution in [3.05, 3.63) is 70.0 Å². The van der Waals surface area contributed by atoms with Gasteiger partial charge in [0.1, 0.15) is 5.82 Å². The van der Waals surface area contributed by atoms with Gasteiger partial charge in [0.2, 0.25) is 0 Å². The maximum atomic E-state index is 13.0. The Bertz CT molecular complexity index is 576. The van der Waals surface area contributed by atoms with Gasteiger partial charge < -0.3 is 0 Å². The van der Waals surface area contributed by atoms with E-state index in [1.807, 2.05) is 0 Å². The van der Waals surface area contributed by atoms with Crippen molar-refractivity contribution in [1.29, 1.82) is 0 Å². The van der Waals surface area contributed by atoms with E-state index in [-0.39, 0.29) is 11.9 Å². The molecule has 0 saturated carbocycles.